The number of nitrogens with zero attached hydrogens (tertiary/aromatic N) is 2. The first kappa shape index (κ1) is 22.1. The molecule has 2 aromatic heterocycles. The number of carbonyl (C=O) groups excluding carboxylic acids is 1. The van der Waals surface area contributed by atoms with Crippen LogP contribution < -0.4 is 10.6 Å². The minimum absolute atomic E-state index is 0. The van der Waals surface area contributed by atoms with Crippen LogP contribution in [0.4, 0.5) is 0 Å². The minimum atomic E-state index is -0.0403. The van der Waals surface area contributed by atoms with Crippen LogP contribution in [0.25, 0.3) is 0 Å². The fourth-order valence-electron chi connectivity index (χ4n) is 3.77. The molecule has 0 spiro atoms. The first-order chi connectivity index (χ1) is 14.3. The molecule has 1 aliphatic rings. The van der Waals surface area contributed by atoms with Gasteiger partial charge in [-0.3, -0.25) is 14.8 Å². The molecule has 2 heterocycles. The zero-order chi connectivity index (χ0) is 19.9. The Morgan fingerprint density at radius 2 is 1.77 bits per heavy atom. The molecule has 6 heteroatoms. The van der Waals surface area contributed by atoms with Gasteiger partial charge < -0.3 is 10.6 Å². The van der Waals surface area contributed by atoms with E-state index in [1.54, 1.807) is 6.20 Å². The molecule has 5 nitrogen and oxygen atoms in total. The van der Waals surface area contributed by atoms with Gasteiger partial charge in [0.25, 0.3) is 5.91 Å². The maximum absolute atomic E-state index is 12.8. The second kappa shape index (κ2) is 11.0. The van der Waals surface area contributed by atoms with Crippen molar-refractivity contribution >= 4 is 22.9 Å². The first-order valence-electron chi connectivity index (χ1n) is 10.2. The van der Waals surface area contributed by atoms with Gasteiger partial charge in [0.15, 0.2) is 0 Å². The summed E-state index contributed by atoms with van der Waals surface area (Å²) >= 11 is 0. The van der Waals surface area contributed by atoms with Crippen molar-refractivity contribution in [3.63, 3.8) is 0 Å². The summed E-state index contributed by atoms with van der Waals surface area (Å²) in [6, 6.07) is 17.8. The lowest BCUT2D eigenvalue weighted by atomic mass is 10.0. The van der Waals surface area contributed by atoms with Gasteiger partial charge in [0, 0.05) is 31.0 Å². The van der Waals surface area contributed by atoms with E-state index in [4.69, 9.17) is 0 Å². The summed E-state index contributed by atoms with van der Waals surface area (Å²) in [5, 5.41) is 6.57. The van der Waals surface area contributed by atoms with Crippen LogP contribution in [0.1, 0.15) is 58.2 Å². The van der Waals surface area contributed by atoms with Crippen molar-refractivity contribution in [1.29, 1.82) is 0 Å². The highest BCUT2D eigenvalue weighted by molar-refractivity contribution is 8.93. The molecule has 0 aliphatic heterocycles. The Labute approximate surface area is 188 Å². The summed E-state index contributed by atoms with van der Waals surface area (Å²) in [5.74, 6) is -0.0403. The van der Waals surface area contributed by atoms with Crippen LogP contribution in [0.15, 0.2) is 67.0 Å². The van der Waals surface area contributed by atoms with Crippen molar-refractivity contribution in [2.24, 2.45) is 0 Å². The molecular weight excluding hydrogens is 440 g/mol. The molecule has 156 valence electrons. The fraction of sp³-hybridized carbons (Fsp3) is 0.292. The summed E-state index contributed by atoms with van der Waals surface area (Å²) < 4.78 is 0. The van der Waals surface area contributed by atoms with Gasteiger partial charge in [-0.25, -0.2) is 0 Å². The Balaban J connectivity index is 0.00000256. The second-order valence-corrected chi connectivity index (χ2v) is 7.44. The highest BCUT2D eigenvalue weighted by Crippen LogP contribution is 2.27. The van der Waals surface area contributed by atoms with E-state index < -0.39 is 0 Å². The van der Waals surface area contributed by atoms with Gasteiger partial charge in [-0.2, -0.15) is 0 Å². The van der Waals surface area contributed by atoms with Crippen LogP contribution in [0.5, 0.6) is 0 Å². The van der Waals surface area contributed by atoms with Gasteiger partial charge in [-0.15, -0.1) is 17.0 Å². The lowest BCUT2D eigenvalue weighted by molar-refractivity contribution is 0.0933. The van der Waals surface area contributed by atoms with E-state index in [2.05, 4.69) is 26.7 Å². The number of hydrogen-bond acceptors (Lipinski definition) is 4. The van der Waals surface area contributed by atoms with Crippen molar-refractivity contribution in [3.05, 3.63) is 95.1 Å². The number of amides is 1. The molecule has 30 heavy (non-hydrogen) atoms. The quantitative estimate of drug-likeness (QED) is 0.523. The summed E-state index contributed by atoms with van der Waals surface area (Å²) in [6.07, 6.45) is 7.83. The standard InChI is InChI=1S/C24H26N4O.BrH/c29-24(28-22-9-2-1-6-19-7-5-15-27-23(19)22)20-12-10-18(11-13-20)16-25-17-21-8-3-4-14-26-21;/h3-5,7-8,10-15,22,25H,1-2,6,9,16-17H2,(H,28,29);1H. The van der Waals surface area contributed by atoms with Crippen LogP contribution in [0.2, 0.25) is 0 Å². The number of hydrogen-bond donors (Lipinski definition) is 2. The Hall–Kier alpha value is -2.57. The highest BCUT2D eigenvalue weighted by atomic mass is 79.9. The molecule has 0 bridgehead atoms. The zero-order valence-electron chi connectivity index (χ0n) is 16.9. The van der Waals surface area contributed by atoms with E-state index in [9.17, 15) is 4.79 Å². The van der Waals surface area contributed by atoms with E-state index in [0.717, 1.165) is 55.7 Å². The molecular formula is C24H27BrN4O. The number of pyridine rings is 2. The third-order valence-corrected chi connectivity index (χ3v) is 5.33. The third-order valence-electron chi connectivity index (χ3n) is 5.33. The topological polar surface area (TPSA) is 66.9 Å². The molecule has 0 radical (unpaired) electrons. The number of nitrogens with one attached hydrogen (secondary N) is 2. The van der Waals surface area contributed by atoms with Crippen molar-refractivity contribution in [1.82, 2.24) is 20.6 Å². The van der Waals surface area contributed by atoms with E-state index >= 15 is 0 Å². The molecule has 1 amide bonds. The molecule has 1 unspecified atom stereocenters. The maximum atomic E-state index is 12.8. The monoisotopic (exact) mass is 466 g/mol. The number of aryl methyl sites for hydroxylation is 1. The van der Waals surface area contributed by atoms with E-state index in [1.165, 1.54) is 5.56 Å². The first-order valence-corrected chi connectivity index (χ1v) is 10.2. The number of halogens is 1. The predicted molar refractivity (Wildman–Crippen MR) is 124 cm³/mol. The van der Waals surface area contributed by atoms with Crippen LogP contribution in [-0.4, -0.2) is 15.9 Å². The predicted octanol–water partition coefficient (Wildman–Crippen LogP) is 4.54. The SMILES string of the molecule is Br.O=C(NC1CCCCc2cccnc21)c1ccc(CNCc2ccccn2)cc1. The molecule has 0 saturated carbocycles. The molecule has 3 aromatic rings. The number of benzene rings is 1. The fourth-order valence-corrected chi connectivity index (χ4v) is 3.77. The van der Waals surface area contributed by atoms with Gasteiger partial charge in [0.2, 0.25) is 0 Å². The second-order valence-electron chi connectivity index (χ2n) is 7.44. The highest BCUT2D eigenvalue weighted by Gasteiger charge is 2.22. The minimum Gasteiger partial charge on any atom is -0.344 e. The molecule has 0 fully saturated rings. The van der Waals surface area contributed by atoms with Gasteiger partial charge in [0.05, 0.1) is 17.4 Å². The molecule has 2 N–H and O–H groups in total. The van der Waals surface area contributed by atoms with Crippen LogP contribution in [-0.2, 0) is 19.5 Å². The average Bonchev–Trinajstić information content (AvgIpc) is 2.97. The van der Waals surface area contributed by atoms with Crippen molar-refractivity contribution in [2.45, 2.75) is 44.8 Å². The Bertz CT molecular complexity index is 947. The van der Waals surface area contributed by atoms with Crippen molar-refractivity contribution in [3.8, 4) is 0 Å². The lowest BCUT2D eigenvalue weighted by Gasteiger charge is -2.18. The van der Waals surface area contributed by atoms with Crippen LogP contribution >= 0.6 is 17.0 Å². The molecule has 1 atom stereocenters. The van der Waals surface area contributed by atoms with Gasteiger partial charge in [0.1, 0.15) is 0 Å². The Morgan fingerprint density at radius 1 is 0.933 bits per heavy atom. The number of carbonyl (C=O) groups is 1. The van der Waals surface area contributed by atoms with Crippen LogP contribution in [0.3, 0.4) is 0 Å². The van der Waals surface area contributed by atoms with E-state index in [1.807, 2.05) is 54.7 Å². The number of rotatable bonds is 6. The zero-order valence-corrected chi connectivity index (χ0v) is 18.6. The van der Waals surface area contributed by atoms with Crippen molar-refractivity contribution in [2.75, 3.05) is 0 Å². The summed E-state index contributed by atoms with van der Waals surface area (Å²) in [7, 11) is 0. The summed E-state index contributed by atoms with van der Waals surface area (Å²) in [4.78, 5) is 21.6. The van der Waals surface area contributed by atoms with E-state index in [0.29, 0.717) is 5.56 Å². The number of fused-ring (bicyclic) bond motifs is 1. The summed E-state index contributed by atoms with van der Waals surface area (Å²) in [6.45, 7) is 1.45. The third kappa shape index (κ3) is 5.74. The van der Waals surface area contributed by atoms with Gasteiger partial charge >= 0.3 is 0 Å². The maximum Gasteiger partial charge on any atom is 0.251 e. The Morgan fingerprint density at radius 3 is 2.57 bits per heavy atom. The molecule has 1 aliphatic carbocycles. The number of aromatic nitrogens is 2. The van der Waals surface area contributed by atoms with E-state index in [-0.39, 0.29) is 28.9 Å². The molecule has 0 saturated heterocycles. The largest absolute Gasteiger partial charge is 0.344 e. The molecule has 4 rings (SSSR count). The van der Waals surface area contributed by atoms with Gasteiger partial charge in [-0.1, -0.05) is 30.7 Å². The Kier molecular flexibility index (Phi) is 8.11. The molecule has 1 aromatic carbocycles. The smallest absolute Gasteiger partial charge is 0.251 e. The van der Waals surface area contributed by atoms with Crippen molar-refractivity contribution < 1.29 is 4.79 Å². The van der Waals surface area contributed by atoms with Crippen LogP contribution in [0, 0.1) is 0 Å². The lowest BCUT2D eigenvalue weighted by Crippen LogP contribution is -2.29. The van der Waals surface area contributed by atoms with Gasteiger partial charge in [-0.05, 0) is 60.7 Å². The summed E-state index contributed by atoms with van der Waals surface area (Å²) in [5.41, 5.74) is 5.11. The normalized spacial score (nSPS) is 15.4. The average molecular weight is 467 g/mol.